The van der Waals surface area contributed by atoms with E-state index < -0.39 is 0 Å². The summed E-state index contributed by atoms with van der Waals surface area (Å²) in [7, 11) is 0. The number of hydrogen-bond acceptors (Lipinski definition) is 3. The Balaban J connectivity index is 1.44. The molecule has 5 heteroatoms. The van der Waals surface area contributed by atoms with E-state index in [0.717, 1.165) is 55.6 Å². The van der Waals surface area contributed by atoms with Crippen LogP contribution in [0.2, 0.25) is 0 Å². The Morgan fingerprint density at radius 2 is 1.71 bits per heavy atom. The van der Waals surface area contributed by atoms with Gasteiger partial charge in [0.2, 0.25) is 11.8 Å². The van der Waals surface area contributed by atoms with E-state index in [0.29, 0.717) is 6.54 Å². The number of rotatable bonds is 5. The van der Waals surface area contributed by atoms with Crippen LogP contribution in [0, 0.1) is 19.8 Å². The minimum absolute atomic E-state index is 0.0351. The molecule has 0 unspecified atom stereocenters. The summed E-state index contributed by atoms with van der Waals surface area (Å²) < 4.78 is 0. The van der Waals surface area contributed by atoms with Crippen LogP contribution in [0.3, 0.4) is 0 Å². The first-order chi connectivity index (χ1) is 11.5. The quantitative estimate of drug-likeness (QED) is 0.871. The molecule has 1 heterocycles. The number of carbonyl (C=O) groups excluding carboxylic acids is 2. The van der Waals surface area contributed by atoms with Crippen molar-refractivity contribution in [1.29, 1.82) is 0 Å². The number of piperidine rings is 1. The molecule has 1 aliphatic carbocycles. The van der Waals surface area contributed by atoms with Crippen molar-refractivity contribution in [2.24, 2.45) is 5.92 Å². The smallest absolute Gasteiger partial charge is 0.238 e. The van der Waals surface area contributed by atoms with E-state index in [1.165, 1.54) is 0 Å². The summed E-state index contributed by atoms with van der Waals surface area (Å²) in [6, 6.07) is 6.30. The molecule has 5 nitrogen and oxygen atoms in total. The van der Waals surface area contributed by atoms with Crippen LogP contribution >= 0.6 is 0 Å². The standard InChI is InChI=1S/C19H27N3O2/c1-13-4-3-5-14(2)18(13)21-17(23)12-22-10-8-16(9-11-22)20-19(24)15-6-7-15/h3-5,15-16H,6-12H2,1-2H3,(H,20,24)(H,21,23). The first kappa shape index (κ1) is 17.0. The molecule has 0 atom stereocenters. The SMILES string of the molecule is Cc1cccc(C)c1NC(=O)CN1CCC(NC(=O)C2CC2)CC1. The van der Waals surface area contributed by atoms with Crippen LogP contribution in [0.4, 0.5) is 5.69 Å². The van der Waals surface area contributed by atoms with E-state index >= 15 is 0 Å². The average Bonchev–Trinajstić information content (AvgIpc) is 3.38. The Morgan fingerprint density at radius 3 is 2.29 bits per heavy atom. The second-order valence-electron chi connectivity index (χ2n) is 7.15. The van der Waals surface area contributed by atoms with Crippen LogP contribution < -0.4 is 10.6 Å². The Morgan fingerprint density at radius 1 is 1.08 bits per heavy atom. The maximum Gasteiger partial charge on any atom is 0.238 e. The highest BCUT2D eigenvalue weighted by Gasteiger charge is 2.31. The summed E-state index contributed by atoms with van der Waals surface area (Å²) in [5, 5.41) is 6.19. The molecule has 1 aliphatic heterocycles. The van der Waals surface area contributed by atoms with Gasteiger partial charge < -0.3 is 10.6 Å². The van der Waals surface area contributed by atoms with Crippen molar-refractivity contribution >= 4 is 17.5 Å². The Bertz CT molecular complexity index is 597. The van der Waals surface area contributed by atoms with Crippen molar-refractivity contribution < 1.29 is 9.59 Å². The van der Waals surface area contributed by atoms with Gasteiger partial charge in [-0.25, -0.2) is 0 Å². The molecule has 2 amide bonds. The van der Waals surface area contributed by atoms with E-state index in [1.807, 2.05) is 32.0 Å². The fourth-order valence-corrected chi connectivity index (χ4v) is 3.29. The molecular weight excluding hydrogens is 302 g/mol. The number of para-hydroxylation sites is 1. The average molecular weight is 329 g/mol. The second-order valence-corrected chi connectivity index (χ2v) is 7.15. The number of aryl methyl sites for hydroxylation is 2. The summed E-state index contributed by atoms with van der Waals surface area (Å²) in [6.45, 7) is 6.15. The van der Waals surface area contributed by atoms with Crippen molar-refractivity contribution in [3.05, 3.63) is 29.3 Å². The maximum atomic E-state index is 12.3. The van der Waals surface area contributed by atoms with Gasteiger partial charge in [-0.2, -0.15) is 0 Å². The highest BCUT2D eigenvalue weighted by atomic mass is 16.2. The summed E-state index contributed by atoms with van der Waals surface area (Å²) >= 11 is 0. The molecule has 2 fully saturated rings. The molecule has 0 spiro atoms. The van der Waals surface area contributed by atoms with Crippen LogP contribution in [0.1, 0.15) is 36.8 Å². The summed E-state index contributed by atoms with van der Waals surface area (Å²) in [5.74, 6) is 0.528. The molecule has 0 radical (unpaired) electrons. The van der Waals surface area contributed by atoms with Crippen LogP contribution in [-0.2, 0) is 9.59 Å². The molecule has 1 saturated carbocycles. The predicted molar refractivity (Wildman–Crippen MR) is 94.9 cm³/mol. The number of benzene rings is 1. The van der Waals surface area contributed by atoms with Crippen LogP contribution in [0.25, 0.3) is 0 Å². The summed E-state index contributed by atoms with van der Waals surface area (Å²) in [6.07, 6.45) is 3.94. The van der Waals surface area contributed by atoms with Crippen LogP contribution in [0.15, 0.2) is 18.2 Å². The molecule has 1 saturated heterocycles. The first-order valence-corrected chi connectivity index (χ1v) is 8.91. The van der Waals surface area contributed by atoms with Crippen molar-refractivity contribution in [1.82, 2.24) is 10.2 Å². The van der Waals surface area contributed by atoms with Crippen molar-refractivity contribution in [3.63, 3.8) is 0 Å². The number of carbonyl (C=O) groups is 2. The monoisotopic (exact) mass is 329 g/mol. The largest absolute Gasteiger partial charge is 0.353 e. The van der Waals surface area contributed by atoms with E-state index in [-0.39, 0.29) is 23.8 Å². The zero-order chi connectivity index (χ0) is 17.1. The molecule has 2 aliphatic rings. The van der Waals surface area contributed by atoms with Gasteiger partial charge in [-0.1, -0.05) is 18.2 Å². The van der Waals surface area contributed by atoms with Crippen LogP contribution in [0.5, 0.6) is 0 Å². The van der Waals surface area contributed by atoms with E-state index in [9.17, 15) is 9.59 Å². The third-order valence-electron chi connectivity index (χ3n) is 4.99. The third kappa shape index (κ3) is 4.35. The zero-order valence-corrected chi connectivity index (χ0v) is 14.6. The van der Waals surface area contributed by atoms with E-state index in [2.05, 4.69) is 15.5 Å². The number of likely N-dealkylation sites (tertiary alicyclic amines) is 1. The lowest BCUT2D eigenvalue weighted by molar-refractivity contribution is -0.123. The zero-order valence-electron chi connectivity index (χ0n) is 14.6. The molecular formula is C19H27N3O2. The van der Waals surface area contributed by atoms with Crippen molar-refractivity contribution in [2.45, 2.75) is 45.6 Å². The van der Waals surface area contributed by atoms with Gasteiger partial charge in [-0.15, -0.1) is 0 Å². The lowest BCUT2D eigenvalue weighted by Gasteiger charge is -2.32. The number of nitrogens with one attached hydrogen (secondary N) is 2. The van der Waals surface area contributed by atoms with Gasteiger partial charge in [0.25, 0.3) is 0 Å². The molecule has 24 heavy (non-hydrogen) atoms. The maximum absolute atomic E-state index is 12.3. The molecule has 3 rings (SSSR count). The Kier molecular flexibility index (Phi) is 5.19. The van der Waals surface area contributed by atoms with Gasteiger partial charge in [0, 0.05) is 30.7 Å². The number of hydrogen-bond donors (Lipinski definition) is 2. The predicted octanol–water partition coefficient (Wildman–Crippen LogP) is 2.23. The minimum atomic E-state index is 0.0351. The minimum Gasteiger partial charge on any atom is -0.353 e. The lowest BCUT2D eigenvalue weighted by Crippen LogP contribution is -2.46. The third-order valence-corrected chi connectivity index (χ3v) is 4.99. The summed E-state index contributed by atoms with van der Waals surface area (Å²) in [5.41, 5.74) is 3.10. The highest BCUT2D eigenvalue weighted by molar-refractivity contribution is 5.93. The highest BCUT2D eigenvalue weighted by Crippen LogP contribution is 2.29. The first-order valence-electron chi connectivity index (χ1n) is 8.91. The van der Waals surface area contributed by atoms with Gasteiger partial charge in [0.1, 0.15) is 0 Å². The molecule has 1 aromatic carbocycles. The number of nitrogens with zero attached hydrogens (tertiary/aromatic N) is 1. The Labute approximate surface area is 143 Å². The van der Waals surface area contributed by atoms with Gasteiger partial charge in [-0.05, 0) is 50.7 Å². The number of amides is 2. The molecule has 0 bridgehead atoms. The fraction of sp³-hybridized carbons (Fsp3) is 0.579. The van der Waals surface area contributed by atoms with E-state index in [1.54, 1.807) is 0 Å². The fourth-order valence-electron chi connectivity index (χ4n) is 3.29. The number of anilines is 1. The normalized spacial score (nSPS) is 19.1. The topological polar surface area (TPSA) is 61.4 Å². The van der Waals surface area contributed by atoms with Gasteiger partial charge >= 0.3 is 0 Å². The van der Waals surface area contributed by atoms with Gasteiger partial charge in [0.05, 0.1) is 6.54 Å². The van der Waals surface area contributed by atoms with Gasteiger partial charge in [-0.3, -0.25) is 14.5 Å². The van der Waals surface area contributed by atoms with Crippen molar-refractivity contribution in [2.75, 3.05) is 25.0 Å². The summed E-state index contributed by atoms with van der Waals surface area (Å²) in [4.78, 5) is 26.3. The molecule has 1 aromatic rings. The Hall–Kier alpha value is -1.88. The van der Waals surface area contributed by atoms with Crippen molar-refractivity contribution in [3.8, 4) is 0 Å². The molecule has 0 aromatic heterocycles. The van der Waals surface area contributed by atoms with Crippen LogP contribution in [-0.4, -0.2) is 42.4 Å². The van der Waals surface area contributed by atoms with E-state index in [4.69, 9.17) is 0 Å². The molecule has 130 valence electrons. The molecule has 2 N–H and O–H groups in total. The lowest BCUT2D eigenvalue weighted by atomic mass is 10.0. The van der Waals surface area contributed by atoms with Gasteiger partial charge in [0.15, 0.2) is 0 Å². The second kappa shape index (κ2) is 7.34.